The van der Waals surface area contributed by atoms with Crippen LogP contribution in [0.1, 0.15) is 29.6 Å². The Bertz CT molecular complexity index is 1050. The number of rotatable bonds is 2. The second-order valence-electron chi connectivity index (χ2n) is 8.50. The summed E-state index contributed by atoms with van der Waals surface area (Å²) >= 11 is 39.1. The first-order valence-corrected chi connectivity index (χ1v) is 12.4. The van der Waals surface area contributed by atoms with Gasteiger partial charge in [-0.2, -0.15) is 0 Å². The topological polar surface area (TPSA) is 57.7 Å². The van der Waals surface area contributed by atoms with E-state index in [0.29, 0.717) is 18.7 Å². The van der Waals surface area contributed by atoms with E-state index < -0.39 is 37.7 Å². The molecule has 0 radical (unpaired) electrons. The van der Waals surface area contributed by atoms with Crippen molar-refractivity contribution in [2.45, 2.75) is 33.3 Å². The Hall–Kier alpha value is -0.690. The van der Waals surface area contributed by atoms with Crippen LogP contribution in [0.2, 0.25) is 0 Å². The number of imide groups is 1. The minimum Gasteiger partial charge on any atom is -0.339 e. The van der Waals surface area contributed by atoms with Crippen LogP contribution >= 0.6 is 69.6 Å². The fourth-order valence-corrected chi connectivity index (χ4v) is 8.24. The maximum absolute atomic E-state index is 13.5. The summed E-state index contributed by atoms with van der Waals surface area (Å²) in [5.74, 6) is -3.86. The normalized spacial score (nSPS) is 35.7. The van der Waals surface area contributed by atoms with E-state index in [0.717, 1.165) is 24.2 Å². The fourth-order valence-electron chi connectivity index (χ4n) is 5.31. The molecule has 2 bridgehead atoms. The van der Waals surface area contributed by atoms with Crippen LogP contribution in [0.4, 0.5) is 5.69 Å². The molecule has 32 heavy (non-hydrogen) atoms. The maximum atomic E-state index is 13.5. The molecular formula is C21H16Cl6N2O3. The first-order chi connectivity index (χ1) is 15.0. The van der Waals surface area contributed by atoms with Crippen LogP contribution < -0.4 is 4.90 Å². The highest BCUT2D eigenvalue weighted by molar-refractivity contribution is 6.67. The first kappa shape index (κ1) is 23.1. The molecule has 3 amide bonds. The standard InChI is InChI=1S/C21H16Cl6N2O3/c22-14-15(23)20(25)13-12(19(14,24)21(20,26)27)17(31)29(18(13)32)11-6-4-5-10(9-11)16(30)28-7-2-1-3-8-28/h4-6,9,12-13H,1-3,7-8H2/t12-,13-,19+,20+/m1/s1. The molecule has 5 nitrogen and oxygen atoms in total. The third kappa shape index (κ3) is 2.59. The van der Waals surface area contributed by atoms with Crippen molar-refractivity contribution in [3.63, 3.8) is 0 Å². The number of hydrogen-bond acceptors (Lipinski definition) is 3. The molecule has 2 saturated heterocycles. The van der Waals surface area contributed by atoms with Gasteiger partial charge >= 0.3 is 0 Å². The van der Waals surface area contributed by atoms with E-state index in [1.807, 2.05) is 0 Å². The maximum Gasteiger partial charge on any atom is 0.253 e. The van der Waals surface area contributed by atoms with Gasteiger partial charge in [0, 0.05) is 18.7 Å². The molecule has 1 aromatic carbocycles. The van der Waals surface area contributed by atoms with Crippen LogP contribution in [-0.4, -0.2) is 49.8 Å². The molecule has 4 atom stereocenters. The molecule has 0 aromatic heterocycles. The second-order valence-corrected chi connectivity index (χ2v) is 11.8. The van der Waals surface area contributed by atoms with Crippen molar-refractivity contribution >= 4 is 93.0 Å². The highest BCUT2D eigenvalue weighted by Gasteiger charge is 2.87. The number of anilines is 1. The van der Waals surface area contributed by atoms with Gasteiger partial charge in [-0.3, -0.25) is 14.4 Å². The molecular weight excluding hydrogens is 541 g/mol. The lowest BCUT2D eigenvalue weighted by Crippen LogP contribution is -2.50. The Balaban J connectivity index is 1.53. The predicted molar refractivity (Wildman–Crippen MR) is 126 cm³/mol. The van der Waals surface area contributed by atoms with E-state index >= 15 is 0 Å². The molecule has 3 fully saturated rings. The van der Waals surface area contributed by atoms with Crippen LogP contribution in [0.25, 0.3) is 0 Å². The second kappa shape index (κ2) is 7.40. The number of piperidine rings is 1. The lowest BCUT2D eigenvalue weighted by molar-refractivity contribution is -0.123. The highest BCUT2D eigenvalue weighted by Crippen LogP contribution is 2.77. The van der Waals surface area contributed by atoms with Crippen molar-refractivity contribution in [1.29, 1.82) is 0 Å². The SMILES string of the molecule is O=C(c1cccc(N2C(=O)[C@H]3[C@H](C2=O)[C@]2(Cl)C(Cl)=C(Cl)[C@]3(Cl)C2(Cl)Cl)c1)N1CCCCC1. The molecule has 2 aliphatic carbocycles. The molecule has 11 heteroatoms. The van der Waals surface area contributed by atoms with Crippen molar-refractivity contribution in [3.05, 3.63) is 39.9 Å². The van der Waals surface area contributed by atoms with E-state index in [1.165, 1.54) is 6.07 Å². The average molecular weight is 557 g/mol. The quantitative estimate of drug-likeness (QED) is 0.369. The lowest BCUT2D eigenvalue weighted by atomic mass is 9.84. The minimum atomic E-state index is -1.98. The molecule has 0 unspecified atom stereocenters. The number of likely N-dealkylation sites (tertiary alicyclic amines) is 1. The Kier molecular flexibility index (Phi) is 5.34. The first-order valence-electron chi connectivity index (χ1n) is 10.1. The molecule has 2 aliphatic heterocycles. The fraction of sp³-hybridized carbons (Fsp3) is 0.476. The summed E-state index contributed by atoms with van der Waals surface area (Å²) in [5, 5.41) is -0.279. The summed E-state index contributed by atoms with van der Waals surface area (Å²) in [6.45, 7) is 1.35. The molecule has 0 N–H and O–H groups in total. The predicted octanol–water partition coefficient (Wildman–Crippen LogP) is 5.26. The number of allylic oxidation sites excluding steroid dienone is 2. The van der Waals surface area contributed by atoms with E-state index in [1.54, 1.807) is 23.1 Å². The summed E-state index contributed by atoms with van der Waals surface area (Å²) in [4.78, 5) is 38.9. The molecule has 2 heterocycles. The Labute approximate surface area is 214 Å². The van der Waals surface area contributed by atoms with E-state index in [4.69, 9.17) is 69.6 Å². The molecule has 1 saturated carbocycles. The molecule has 4 aliphatic rings. The Morgan fingerprint density at radius 1 is 0.875 bits per heavy atom. The van der Waals surface area contributed by atoms with Gasteiger partial charge in [0.1, 0.15) is 9.75 Å². The van der Waals surface area contributed by atoms with Gasteiger partial charge in [0.15, 0.2) is 4.33 Å². The van der Waals surface area contributed by atoms with Crippen LogP contribution in [-0.2, 0) is 9.59 Å². The van der Waals surface area contributed by atoms with E-state index in [9.17, 15) is 14.4 Å². The van der Waals surface area contributed by atoms with Gasteiger partial charge in [0.2, 0.25) is 11.8 Å². The lowest BCUT2D eigenvalue weighted by Gasteiger charge is -2.34. The summed E-state index contributed by atoms with van der Waals surface area (Å²) in [6.07, 6.45) is 2.98. The van der Waals surface area contributed by atoms with E-state index in [2.05, 4.69) is 0 Å². The monoisotopic (exact) mass is 554 g/mol. The highest BCUT2D eigenvalue weighted by atomic mass is 35.5. The van der Waals surface area contributed by atoms with Gasteiger partial charge in [-0.05, 0) is 37.5 Å². The average Bonchev–Trinajstić information content (AvgIpc) is 3.17. The number of amides is 3. The van der Waals surface area contributed by atoms with Crippen molar-refractivity contribution in [1.82, 2.24) is 4.90 Å². The molecule has 5 rings (SSSR count). The zero-order chi connectivity index (χ0) is 23.2. The summed E-state index contributed by atoms with van der Waals surface area (Å²) in [6, 6.07) is 6.36. The van der Waals surface area contributed by atoms with Crippen LogP contribution in [0.3, 0.4) is 0 Å². The molecule has 170 valence electrons. The zero-order valence-electron chi connectivity index (χ0n) is 16.4. The number of nitrogens with zero attached hydrogens (tertiary/aromatic N) is 2. The zero-order valence-corrected chi connectivity index (χ0v) is 20.9. The van der Waals surface area contributed by atoms with Gasteiger partial charge in [0.25, 0.3) is 5.91 Å². The third-order valence-corrected chi connectivity index (χ3v) is 11.2. The van der Waals surface area contributed by atoms with Crippen LogP contribution in [0.5, 0.6) is 0 Å². The minimum absolute atomic E-state index is 0.140. The van der Waals surface area contributed by atoms with Gasteiger partial charge in [0.05, 0.1) is 27.6 Å². The Morgan fingerprint density at radius 2 is 1.41 bits per heavy atom. The van der Waals surface area contributed by atoms with Crippen molar-refractivity contribution in [2.75, 3.05) is 18.0 Å². The summed E-state index contributed by atoms with van der Waals surface area (Å²) in [7, 11) is 0. The smallest absolute Gasteiger partial charge is 0.253 e. The molecule has 0 spiro atoms. The van der Waals surface area contributed by atoms with Gasteiger partial charge in [-0.25, -0.2) is 4.90 Å². The number of benzene rings is 1. The largest absolute Gasteiger partial charge is 0.339 e. The number of carbonyl (C=O) groups excluding carboxylic acids is 3. The number of hydrogen-bond donors (Lipinski definition) is 0. The number of alkyl halides is 4. The van der Waals surface area contributed by atoms with Gasteiger partial charge in [-0.15, -0.1) is 23.2 Å². The number of fused-ring (bicyclic) bond motifs is 5. The number of carbonyl (C=O) groups is 3. The van der Waals surface area contributed by atoms with Gasteiger partial charge < -0.3 is 4.90 Å². The van der Waals surface area contributed by atoms with Crippen molar-refractivity contribution < 1.29 is 14.4 Å². The third-order valence-electron chi connectivity index (χ3n) is 6.90. The van der Waals surface area contributed by atoms with Crippen molar-refractivity contribution in [3.8, 4) is 0 Å². The number of halogens is 6. The Morgan fingerprint density at radius 3 is 1.94 bits per heavy atom. The summed E-state index contributed by atoms with van der Waals surface area (Å²) in [5.41, 5.74) is 0.614. The van der Waals surface area contributed by atoms with Gasteiger partial charge in [-0.1, -0.05) is 52.5 Å². The van der Waals surface area contributed by atoms with E-state index in [-0.39, 0.29) is 21.7 Å². The van der Waals surface area contributed by atoms with Crippen LogP contribution in [0.15, 0.2) is 34.3 Å². The summed E-state index contributed by atoms with van der Waals surface area (Å²) < 4.78 is -1.98. The van der Waals surface area contributed by atoms with Crippen LogP contribution in [0, 0.1) is 11.8 Å². The van der Waals surface area contributed by atoms with Crippen molar-refractivity contribution in [2.24, 2.45) is 11.8 Å². The molecule has 1 aromatic rings.